The normalized spacial score (nSPS) is 35.7. The number of fused-ring (bicyclic) bond motifs is 1. The van der Waals surface area contributed by atoms with Crippen LogP contribution in [-0.2, 0) is 25.1 Å². The van der Waals surface area contributed by atoms with E-state index in [1.807, 2.05) is 0 Å². The van der Waals surface area contributed by atoms with Crippen LogP contribution in [0.3, 0.4) is 0 Å². The Morgan fingerprint density at radius 1 is 1.53 bits per heavy atom. The first-order chi connectivity index (χ1) is 7.11. The summed E-state index contributed by atoms with van der Waals surface area (Å²) in [7, 11) is -1.27. The second kappa shape index (κ2) is 4.06. The Kier molecular flexibility index (Phi) is 2.93. The number of ether oxygens (including phenoxy) is 2. The average molecular weight is 230 g/mol. The van der Waals surface area contributed by atoms with Gasteiger partial charge in [-0.25, -0.2) is 0 Å². The van der Waals surface area contributed by atoms with Crippen molar-refractivity contribution < 1.29 is 18.5 Å². The smallest absolute Gasteiger partial charge is 0.214 e. The summed E-state index contributed by atoms with van der Waals surface area (Å²) in [5, 5.41) is -0.179. The molecule has 5 heteroatoms. The minimum atomic E-state index is -1.27. The molecule has 4 nitrogen and oxygen atoms in total. The fraction of sp³-hybridized carbons (Fsp3) is 0.700. The third-order valence-electron chi connectivity index (χ3n) is 2.63. The lowest BCUT2D eigenvalue weighted by Crippen LogP contribution is -2.43. The number of allylic oxidation sites excluding steroid dienone is 2. The van der Waals surface area contributed by atoms with Crippen molar-refractivity contribution in [3.63, 3.8) is 0 Å². The van der Waals surface area contributed by atoms with E-state index in [2.05, 4.69) is 0 Å². The standard InChI is InChI=1S/C10H14O4S/c1-6(11)9-7(2)14-10-8(15(9)12)4-3-5-13-10/h8,10H,3-5H2,1-2H3/t8-,10+,15?/m0/s1. The molecule has 1 fully saturated rings. The van der Waals surface area contributed by atoms with Crippen LogP contribution < -0.4 is 0 Å². The van der Waals surface area contributed by atoms with E-state index in [-0.39, 0.29) is 11.0 Å². The highest BCUT2D eigenvalue weighted by Crippen LogP contribution is 2.32. The molecular formula is C10H14O4S. The average Bonchev–Trinajstić information content (AvgIpc) is 2.17. The van der Waals surface area contributed by atoms with E-state index in [9.17, 15) is 9.00 Å². The van der Waals surface area contributed by atoms with Crippen molar-refractivity contribution in [2.75, 3.05) is 6.61 Å². The molecule has 0 radical (unpaired) electrons. The lowest BCUT2D eigenvalue weighted by Gasteiger charge is -2.35. The quantitative estimate of drug-likeness (QED) is 0.676. The van der Waals surface area contributed by atoms with Crippen LogP contribution in [0, 0.1) is 0 Å². The second-order valence-electron chi connectivity index (χ2n) is 3.78. The Morgan fingerprint density at radius 2 is 2.27 bits per heavy atom. The summed E-state index contributed by atoms with van der Waals surface area (Å²) in [5.74, 6) is 0.277. The highest BCUT2D eigenvalue weighted by Gasteiger charge is 2.40. The highest BCUT2D eigenvalue weighted by molar-refractivity contribution is 7.90. The molecule has 0 aromatic rings. The Bertz CT molecular complexity index is 347. The monoisotopic (exact) mass is 230 g/mol. The minimum absolute atomic E-state index is 0.171. The predicted molar refractivity (Wildman–Crippen MR) is 55.4 cm³/mol. The van der Waals surface area contributed by atoms with Crippen LogP contribution in [0.15, 0.2) is 10.7 Å². The van der Waals surface area contributed by atoms with E-state index >= 15 is 0 Å². The number of Topliss-reactive ketones (excluding diaryl/α,β-unsaturated/α-hetero) is 1. The predicted octanol–water partition coefficient (Wildman–Crippen LogP) is 1.09. The Balaban J connectivity index is 2.33. The summed E-state index contributed by atoms with van der Waals surface area (Å²) >= 11 is 0. The first-order valence-corrected chi connectivity index (χ1v) is 6.23. The van der Waals surface area contributed by atoms with Crippen molar-refractivity contribution in [1.82, 2.24) is 0 Å². The summed E-state index contributed by atoms with van der Waals surface area (Å²) in [6, 6.07) is 0. The van der Waals surface area contributed by atoms with E-state index in [1.165, 1.54) is 6.92 Å². The lowest BCUT2D eigenvalue weighted by atomic mass is 10.2. The van der Waals surface area contributed by atoms with Gasteiger partial charge in [0, 0.05) is 0 Å². The van der Waals surface area contributed by atoms with Gasteiger partial charge >= 0.3 is 0 Å². The van der Waals surface area contributed by atoms with Gasteiger partial charge in [0.15, 0.2) is 5.78 Å². The molecule has 0 saturated carbocycles. The van der Waals surface area contributed by atoms with Crippen molar-refractivity contribution in [3.8, 4) is 0 Å². The van der Waals surface area contributed by atoms with Crippen LogP contribution in [0.2, 0.25) is 0 Å². The first-order valence-electron chi connectivity index (χ1n) is 5.02. The van der Waals surface area contributed by atoms with E-state index in [0.29, 0.717) is 17.3 Å². The molecule has 2 heterocycles. The van der Waals surface area contributed by atoms with Crippen molar-refractivity contribution in [1.29, 1.82) is 0 Å². The summed E-state index contributed by atoms with van der Waals surface area (Å²) in [4.78, 5) is 11.6. The third kappa shape index (κ3) is 1.86. The maximum atomic E-state index is 12.1. The minimum Gasteiger partial charge on any atom is -0.467 e. The lowest BCUT2D eigenvalue weighted by molar-refractivity contribution is -0.138. The molecule has 0 bridgehead atoms. The van der Waals surface area contributed by atoms with Gasteiger partial charge < -0.3 is 9.47 Å². The number of ketones is 1. The van der Waals surface area contributed by atoms with E-state index < -0.39 is 17.1 Å². The molecule has 1 unspecified atom stereocenters. The molecule has 0 N–H and O–H groups in total. The fourth-order valence-electron chi connectivity index (χ4n) is 1.96. The molecule has 0 aromatic heterocycles. The SMILES string of the molecule is CC(=O)C1=C(C)O[C@H]2OCCC[C@@H]2S1=O. The Morgan fingerprint density at radius 3 is 2.93 bits per heavy atom. The van der Waals surface area contributed by atoms with Crippen LogP contribution in [0.1, 0.15) is 26.7 Å². The van der Waals surface area contributed by atoms with Gasteiger partial charge in [-0.05, 0) is 26.7 Å². The van der Waals surface area contributed by atoms with Gasteiger partial charge in [0.05, 0.1) is 17.4 Å². The molecular weight excluding hydrogens is 216 g/mol. The molecule has 0 aliphatic carbocycles. The zero-order valence-corrected chi connectivity index (χ0v) is 9.63. The number of rotatable bonds is 1. The van der Waals surface area contributed by atoms with Crippen LogP contribution in [0.25, 0.3) is 0 Å². The van der Waals surface area contributed by atoms with Crippen molar-refractivity contribution in [3.05, 3.63) is 10.7 Å². The topological polar surface area (TPSA) is 52.6 Å². The molecule has 0 aromatic carbocycles. The molecule has 3 atom stereocenters. The largest absolute Gasteiger partial charge is 0.467 e. The molecule has 2 aliphatic heterocycles. The Labute approximate surface area is 91.1 Å². The second-order valence-corrected chi connectivity index (χ2v) is 5.39. The first kappa shape index (κ1) is 10.8. The van der Waals surface area contributed by atoms with E-state index in [4.69, 9.17) is 9.47 Å². The fourth-order valence-corrected chi connectivity index (χ4v) is 3.59. The van der Waals surface area contributed by atoms with Crippen LogP contribution in [-0.4, -0.2) is 28.1 Å². The van der Waals surface area contributed by atoms with Crippen LogP contribution in [0.4, 0.5) is 0 Å². The highest BCUT2D eigenvalue weighted by atomic mass is 32.2. The van der Waals surface area contributed by atoms with E-state index in [0.717, 1.165) is 12.8 Å². The maximum Gasteiger partial charge on any atom is 0.214 e. The van der Waals surface area contributed by atoms with Crippen molar-refractivity contribution in [2.45, 2.75) is 38.2 Å². The van der Waals surface area contributed by atoms with Gasteiger partial charge in [-0.15, -0.1) is 0 Å². The summed E-state index contributed by atoms with van der Waals surface area (Å²) in [5.41, 5.74) is 0. The van der Waals surface area contributed by atoms with Crippen molar-refractivity contribution >= 4 is 16.6 Å². The van der Waals surface area contributed by atoms with Gasteiger partial charge in [0.25, 0.3) is 0 Å². The van der Waals surface area contributed by atoms with Crippen LogP contribution >= 0.6 is 0 Å². The van der Waals surface area contributed by atoms with Gasteiger partial charge in [-0.3, -0.25) is 9.00 Å². The van der Waals surface area contributed by atoms with Gasteiger partial charge in [-0.2, -0.15) is 0 Å². The molecule has 15 heavy (non-hydrogen) atoms. The number of carbonyl (C=O) groups excluding carboxylic acids is 1. The van der Waals surface area contributed by atoms with Gasteiger partial charge in [0.2, 0.25) is 6.29 Å². The zero-order valence-electron chi connectivity index (χ0n) is 8.82. The molecule has 2 aliphatic rings. The molecule has 0 amide bonds. The number of hydrogen-bond donors (Lipinski definition) is 0. The molecule has 84 valence electrons. The van der Waals surface area contributed by atoms with Gasteiger partial charge in [-0.1, -0.05) is 0 Å². The van der Waals surface area contributed by atoms with Gasteiger partial charge in [0.1, 0.15) is 15.9 Å². The van der Waals surface area contributed by atoms with Crippen LogP contribution in [0.5, 0.6) is 0 Å². The third-order valence-corrected chi connectivity index (χ3v) is 4.61. The summed E-state index contributed by atoms with van der Waals surface area (Å²) < 4.78 is 23.0. The molecule has 2 rings (SSSR count). The molecule has 1 saturated heterocycles. The summed E-state index contributed by atoms with van der Waals surface area (Å²) in [6.07, 6.45) is 1.24. The number of carbonyl (C=O) groups is 1. The number of hydrogen-bond acceptors (Lipinski definition) is 4. The maximum absolute atomic E-state index is 12.1. The van der Waals surface area contributed by atoms with E-state index in [1.54, 1.807) is 6.92 Å². The Hall–Kier alpha value is -0.680. The zero-order chi connectivity index (χ0) is 11.0. The molecule has 0 spiro atoms. The summed E-state index contributed by atoms with van der Waals surface area (Å²) in [6.45, 7) is 3.73. The van der Waals surface area contributed by atoms with Crippen molar-refractivity contribution in [2.24, 2.45) is 0 Å².